The second-order valence-corrected chi connectivity index (χ2v) is 1.68. The maximum atomic E-state index is 10.3. The van der Waals surface area contributed by atoms with Gasteiger partial charge in [-0.25, -0.2) is 4.79 Å². The first-order chi connectivity index (χ1) is 3.83. The molecule has 0 unspecified atom stereocenters. The van der Waals surface area contributed by atoms with Crippen LogP contribution in [-0.4, -0.2) is 13.1 Å². The Bertz CT molecular complexity index is 98.6. The monoisotopic (exact) mass is 114 g/mol. The minimum absolute atomic E-state index is 0.350. The molecule has 0 saturated heterocycles. The molecule has 0 bridgehead atoms. The average Bonchev–Trinajstić information content (AvgIpc) is 2.50. The summed E-state index contributed by atoms with van der Waals surface area (Å²) in [6.07, 6.45) is 2.45. The van der Waals surface area contributed by atoms with Gasteiger partial charge in [0.25, 0.3) is 0 Å². The number of carbonyl (C=O) groups is 1. The van der Waals surface area contributed by atoms with Crippen molar-refractivity contribution in [1.82, 2.24) is 5.32 Å². The zero-order chi connectivity index (χ0) is 5.98. The van der Waals surface area contributed by atoms with Gasteiger partial charge in [-0.05, 0) is 12.8 Å². The number of hydrogen-bond acceptors (Lipinski definition) is 2. The van der Waals surface area contributed by atoms with Crippen molar-refractivity contribution < 1.29 is 9.53 Å². The van der Waals surface area contributed by atoms with Crippen LogP contribution in [0.25, 0.3) is 0 Å². The lowest BCUT2D eigenvalue weighted by molar-refractivity contribution is 0.170. The lowest BCUT2D eigenvalue weighted by atomic mass is 10.8. The van der Waals surface area contributed by atoms with E-state index in [1.807, 2.05) is 0 Å². The van der Waals surface area contributed by atoms with Crippen molar-refractivity contribution in [3.63, 3.8) is 0 Å². The lowest BCUT2D eigenvalue weighted by Gasteiger charge is -1.96. The highest BCUT2D eigenvalue weighted by Crippen LogP contribution is 2.32. The fourth-order valence-electron chi connectivity index (χ4n) is 0.335. The summed E-state index contributed by atoms with van der Waals surface area (Å²) in [7, 11) is 1.55. The molecule has 0 aliphatic heterocycles. The van der Waals surface area contributed by atoms with Crippen LogP contribution in [0.1, 0.15) is 12.8 Å². The van der Waals surface area contributed by atoms with E-state index in [1.54, 1.807) is 7.05 Å². The molecule has 1 aliphatic carbocycles. The summed E-state index contributed by atoms with van der Waals surface area (Å²) in [6.45, 7) is 0. The van der Waals surface area contributed by atoms with Gasteiger partial charge in [0.05, 0.1) is 0 Å². The number of amides is 1. The van der Waals surface area contributed by atoms with Gasteiger partial charge >= 0.3 is 6.09 Å². The van der Waals surface area contributed by atoms with Gasteiger partial charge in [0.1, 0.15) is 0 Å². The van der Waals surface area contributed by atoms with Crippen LogP contribution in [0, 0.1) is 6.10 Å². The van der Waals surface area contributed by atoms with Crippen molar-refractivity contribution >= 4 is 6.09 Å². The van der Waals surface area contributed by atoms with Crippen LogP contribution in [0.15, 0.2) is 0 Å². The highest BCUT2D eigenvalue weighted by Gasteiger charge is 2.27. The van der Waals surface area contributed by atoms with E-state index >= 15 is 0 Å². The highest BCUT2D eigenvalue weighted by molar-refractivity contribution is 5.67. The summed E-state index contributed by atoms with van der Waals surface area (Å²) in [5.41, 5.74) is 0. The Labute approximate surface area is 48.0 Å². The van der Waals surface area contributed by atoms with E-state index < -0.39 is 0 Å². The summed E-state index contributed by atoms with van der Waals surface area (Å²) in [5.74, 6) is 0. The third kappa shape index (κ3) is 1.40. The number of rotatable bonds is 1. The predicted molar refractivity (Wildman–Crippen MR) is 28.0 cm³/mol. The number of ether oxygens (including phenoxy) is 1. The molecule has 3 heteroatoms. The molecule has 1 fully saturated rings. The van der Waals surface area contributed by atoms with Gasteiger partial charge in [-0.15, -0.1) is 0 Å². The van der Waals surface area contributed by atoms with Crippen molar-refractivity contribution in [3.8, 4) is 0 Å². The number of hydrogen-bond donors (Lipinski definition) is 1. The summed E-state index contributed by atoms with van der Waals surface area (Å²) < 4.78 is 4.68. The third-order valence-corrected chi connectivity index (χ3v) is 0.895. The molecule has 1 saturated carbocycles. The van der Waals surface area contributed by atoms with Crippen molar-refractivity contribution in [2.24, 2.45) is 0 Å². The topological polar surface area (TPSA) is 38.3 Å². The lowest BCUT2D eigenvalue weighted by Crippen LogP contribution is -2.17. The molecule has 0 spiro atoms. The Kier molecular flexibility index (Phi) is 1.37. The number of alkyl carbamates (subject to hydrolysis) is 1. The Morgan fingerprint density at radius 2 is 2.38 bits per heavy atom. The van der Waals surface area contributed by atoms with Crippen LogP contribution < -0.4 is 5.32 Å². The first-order valence-electron chi connectivity index (χ1n) is 2.57. The second kappa shape index (κ2) is 2.03. The average molecular weight is 114 g/mol. The molecular formula is C5H8NO2. The molecule has 1 N–H and O–H groups in total. The SMILES string of the molecule is CNC(=O)O[C]1CC1. The fourth-order valence-corrected chi connectivity index (χ4v) is 0.335. The van der Waals surface area contributed by atoms with Gasteiger partial charge in [-0.1, -0.05) is 0 Å². The van der Waals surface area contributed by atoms with Gasteiger partial charge in [0, 0.05) is 7.05 Å². The largest absolute Gasteiger partial charge is 0.439 e. The van der Waals surface area contributed by atoms with E-state index in [-0.39, 0.29) is 6.09 Å². The van der Waals surface area contributed by atoms with Gasteiger partial charge in [0.15, 0.2) is 6.10 Å². The maximum absolute atomic E-state index is 10.3. The van der Waals surface area contributed by atoms with E-state index in [0.29, 0.717) is 0 Å². The number of carbonyl (C=O) groups excluding carboxylic acids is 1. The second-order valence-electron chi connectivity index (χ2n) is 1.68. The van der Waals surface area contributed by atoms with E-state index in [9.17, 15) is 4.79 Å². The van der Waals surface area contributed by atoms with Crippen LogP contribution in [-0.2, 0) is 4.74 Å². The van der Waals surface area contributed by atoms with Crippen molar-refractivity contribution in [2.75, 3.05) is 7.05 Å². The van der Waals surface area contributed by atoms with Gasteiger partial charge in [0.2, 0.25) is 0 Å². The molecule has 0 aromatic carbocycles. The molecule has 1 rings (SSSR count). The molecule has 0 heterocycles. The fraction of sp³-hybridized carbons (Fsp3) is 0.600. The molecular weight excluding hydrogens is 106 g/mol. The first kappa shape index (κ1) is 5.41. The van der Waals surface area contributed by atoms with Gasteiger partial charge < -0.3 is 10.1 Å². The normalized spacial score (nSPS) is 17.6. The summed E-state index contributed by atoms with van der Waals surface area (Å²) >= 11 is 0. The van der Waals surface area contributed by atoms with E-state index in [2.05, 4.69) is 10.1 Å². The number of nitrogens with one attached hydrogen (secondary N) is 1. The minimum atomic E-state index is -0.350. The van der Waals surface area contributed by atoms with Crippen LogP contribution in [0.4, 0.5) is 4.79 Å². The summed E-state index contributed by atoms with van der Waals surface area (Å²) in [4.78, 5) is 10.3. The Balaban J connectivity index is 2.07. The van der Waals surface area contributed by atoms with E-state index in [0.717, 1.165) is 18.9 Å². The zero-order valence-corrected chi connectivity index (χ0v) is 4.73. The highest BCUT2D eigenvalue weighted by atomic mass is 16.6. The standard InChI is InChI=1S/C5H8NO2/c1-6-5(7)8-4-2-3-4/h2-3H2,1H3,(H,6,7). The van der Waals surface area contributed by atoms with Crippen LogP contribution in [0.2, 0.25) is 0 Å². The molecule has 45 valence electrons. The minimum Gasteiger partial charge on any atom is -0.439 e. The van der Waals surface area contributed by atoms with E-state index in [1.165, 1.54) is 0 Å². The van der Waals surface area contributed by atoms with Gasteiger partial charge in [-0.3, -0.25) is 0 Å². The van der Waals surface area contributed by atoms with Crippen molar-refractivity contribution in [2.45, 2.75) is 12.8 Å². The maximum Gasteiger partial charge on any atom is 0.407 e. The Morgan fingerprint density at radius 1 is 1.75 bits per heavy atom. The molecule has 0 aromatic rings. The van der Waals surface area contributed by atoms with Crippen molar-refractivity contribution in [1.29, 1.82) is 0 Å². The predicted octanol–water partition coefficient (Wildman–Crippen LogP) is 0.668. The summed E-state index contributed by atoms with van der Waals surface area (Å²) in [6, 6.07) is 0. The molecule has 1 aliphatic rings. The molecule has 1 radical (unpaired) electrons. The molecule has 8 heavy (non-hydrogen) atoms. The molecule has 3 nitrogen and oxygen atoms in total. The molecule has 0 aromatic heterocycles. The van der Waals surface area contributed by atoms with Gasteiger partial charge in [-0.2, -0.15) is 0 Å². The van der Waals surface area contributed by atoms with Crippen LogP contribution in [0.3, 0.4) is 0 Å². The first-order valence-corrected chi connectivity index (χ1v) is 2.57. The molecule has 1 amide bonds. The smallest absolute Gasteiger partial charge is 0.407 e. The zero-order valence-electron chi connectivity index (χ0n) is 4.73. The molecule has 0 atom stereocenters. The quantitative estimate of drug-likeness (QED) is 0.544. The van der Waals surface area contributed by atoms with E-state index in [4.69, 9.17) is 0 Å². The van der Waals surface area contributed by atoms with Crippen LogP contribution >= 0.6 is 0 Å². The Hall–Kier alpha value is -0.730. The Morgan fingerprint density at radius 3 is 2.75 bits per heavy atom. The van der Waals surface area contributed by atoms with Crippen LogP contribution in [0.5, 0.6) is 0 Å². The third-order valence-electron chi connectivity index (χ3n) is 0.895. The van der Waals surface area contributed by atoms with Crippen molar-refractivity contribution in [3.05, 3.63) is 6.10 Å². The summed E-state index contributed by atoms with van der Waals surface area (Å²) in [5, 5.41) is 2.35.